The molecule has 1 heterocycles. The Bertz CT molecular complexity index is 531. The second kappa shape index (κ2) is 6.16. The number of sulfonamides is 1. The van der Waals surface area contributed by atoms with Gasteiger partial charge in [-0.2, -0.15) is 0 Å². The molecule has 0 radical (unpaired) electrons. The summed E-state index contributed by atoms with van der Waals surface area (Å²) in [4.78, 5) is 15.3. The topological polar surface area (TPSA) is 90.3 Å². The largest absolute Gasteiger partial charge is 0.466 e. The molecule has 0 aliphatic carbocycles. The summed E-state index contributed by atoms with van der Waals surface area (Å²) in [5.41, 5.74) is 0. The van der Waals surface area contributed by atoms with Gasteiger partial charge >= 0.3 is 5.97 Å². The molecule has 0 unspecified atom stereocenters. The fourth-order valence-electron chi connectivity index (χ4n) is 1.33. The molecule has 1 rings (SSSR count). The van der Waals surface area contributed by atoms with Gasteiger partial charge in [-0.05, 0) is 13.8 Å². The zero-order chi connectivity index (χ0) is 14.6. The highest BCUT2D eigenvalue weighted by Crippen LogP contribution is 2.08. The number of esters is 1. The molecule has 0 aromatic carbocycles. The van der Waals surface area contributed by atoms with Gasteiger partial charge in [-0.15, -0.1) is 0 Å². The number of aryl methyl sites for hydroxylation is 2. The van der Waals surface area contributed by atoms with Crippen molar-refractivity contribution in [1.29, 1.82) is 0 Å². The van der Waals surface area contributed by atoms with Crippen LogP contribution >= 0.6 is 0 Å². The normalized spacial score (nSPS) is 13.3. The summed E-state index contributed by atoms with van der Waals surface area (Å²) in [5, 5.41) is -0.0523. The molecule has 8 heteroatoms. The van der Waals surface area contributed by atoms with Crippen LogP contribution in [-0.2, 0) is 26.6 Å². The van der Waals surface area contributed by atoms with Gasteiger partial charge in [-0.25, -0.2) is 18.1 Å². The molecule has 1 atom stereocenters. The number of carbonyl (C=O) groups is 1. The Morgan fingerprint density at radius 3 is 2.68 bits per heavy atom. The van der Waals surface area contributed by atoms with Crippen molar-refractivity contribution in [3.63, 3.8) is 0 Å². The van der Waals surface area contributed by atoms with Crippen LogP contribution in [0, 0.1) is 12.8 Å². The first-order valence-electron chi connectivity index (χ1n) is 5.94. The van der Waals surface area contributed by atoms with Crippen LogP contribution in [0.3, 0.4) is 0 Å². The first kappa shape index (κ1) is 15.6. The fraction of sp³-hybridized carbons (Fsp3) is 0.636. The first-order chi connectivity index (χ1) is 8.77. The van der Waals surface area contributed by atoms with Crippen LogP contribution in [0.25, 0.3) is 0 Å². The van der Waals surface area contributed by atoms with Gasteiger partial charge in [0.25, 0.3) is 10.0 Å². The Morgan fingerprint density at radius 2 is 2.21 bits per heavy atom. The number of hydrogen-bond donors (Lipinski definition) is 1. The lowest BCUT2D eigenvalue weighted by Crippen LogP contribution is -2.32. The molecule has 0 saturated carbocycles. The van der Waals surface area contributed by atoms with Gasteiger partial charge in [0, 0.05) is 19.8 Å². The Hall–Kier alpha value is -1.41. The van der Waals surface area contributed by atoms with Crippen molar-refractivity contribution in [2.75, 3.05) is 13.2 Å². The molecule has 1 aromatic heterocycles. The molecule has 0 amide bonds. The van der Waals surface area contributed by atoms with E-state index in [0.717, 1.165) is 0 Å². The van der Waals surface area contributed by atoms with Gasteiger partial charge in [-0.1, -0.05) is 6.92 Å². The molecular weight excluding hydrogens is 270 g/mol. The predicted molar refractivity (Wildman–Crippen MR) is 68.9 cm³/mol. The third-order valence-electron chi connectivity index (χ3n) is 2.63. The molecule has 0 aliphatic heterocycles. The standard InChI is InChI=1S/C11H19N3O4S/c1-5-18-11(15)8(2)6-12-19(16,17)10-7-14(4)9(3)13-10/h7-8,12H,5-6H2,1-4H3/t8-/m0/s1. The van der Waals surface area contributed by atoms with E-state index in [1.54, 1.807) is 32.4 Å². The minimum Gasteiger partial charge on any atom is -0.466 e. The van der Waals surface area contributed by atoms with Crippen molar-refractivity contribution in [2.24, 2.45) is 13.0 Å². The van der Waals surface area contributed by atoms with E-state index in [0.29, 0.717) is 5.82 Å². The number of ether oxygens (including phenoxy) is 1. The van der Waals surface area contributed by atoms with Crippen molar-refractivity contribution < 1.29 is 17.9 Å². The number of rotatable bonds is 6. The quantitative estimate of drug-likeness (QED) is 0.756. The molecule has 7 nitrogen and oxygen atoms in total. The van der Waals surface area contributed by atoms with Crippen molar-refractivity contribution in [3.8, 4) is 0 Å². The Labute approximate surface area is 113 Å². The Balaban J connectivity index is 2.68. The van der Waals surface area contributed by atoms with E-state index in [4.69, 9.17) is 4.74 Å². The minimum atomic E-state index is -3.70. The predicted octanol–water partition coefficient (Wildman–Crippen LogP) is 0.206. The van der Waals surface area contributed by atoms with Crippen LogP contribution < -0.4 is 4.72 Å². The smallest absolute Gasteiger partial charge is 0.309 e. The number of nitrogens with one attached hydrogen (secondary N) is 1. The average Bonchev–Trinajstić information content (AvgIpc) is 2.68. The van der Waals surface area contributed by atoms with E-state index in [-0.39, 0.29) is 18.2 Å². The maximum Gasteiger partial charge on any atom is 0.309 e. The number of carbonyl (C=O) groups excluding carboxylic acids is 1. The van der Waals surface area contributed by atoms with Crippen LogP contribution in [0.15, 0.2) is 11.2 Å². The molecule has 108 valence electrons. The minimum absolute atomic E-state index is 0.0171. The molecular formula is C11H19N3O4S. The van der Waals surface area contributed by atoms with Gasteiger partial charge < -0.3 is 9.30 Å². The lowest BCUT2D eigenvalue weighted by molar-refractivity contribution is -0.147. The summed E-state index contributed by atoms with van der Waals surface area (Å²) < 4.78 is 32.7. The van der Waals surface area contributed by atoms with Gasteiger partial charge in [0.15, 0.2) is 5.03 Å². The van der Waals surface area contributed by atoms with E-state index in [1.165, 1.54) is 6.20 Å². The van der Waals surface area contributed by atoms with Gasteiger partial charge in [0.2, 0.25) is 0 Å². The van der Waals surface area contributed by atoms with Crippen molar-refractivity contribution in [3.05, 3.63) is 12.0 Å². The summed E-state index contributed by atoms with van der Waals surface area (Å²) in [7, 11) is -1.98. The highest BCUT2D eigenvalue weighted by Gasteiger charge is 2.21. The monoisotopic (exact) mass is 289 g/mol. The summed E-state index contributed by atoms with van der Waals surface area (Å²) in [6.45, 7) is 5.27. The SMILES string of the molecule is CCOC(=O)[C@@H](C)CNS(=O)(=O)c1cn(C)c(C)n1. The van der Waals surface area contributed by atoms with Crippen LogP contribution in [-0.4, -0.2) is 37.1 Å². The van der Waals surface area contributed by atoms with E-state index in [9.17, 15) is 13.2 Å². The highest BCUT2D eigenvalue weighted by atomic mass is 32.2. The number of aromatic nitrogens is 2. The third kappa shape index (κ3) is 4.03. The second-order valence-electron chi connectivity index (χ2n) is 4.24. The van der Waals surface area contributed by atoms with E-state index in [1.807, 2.05) is 0 Å². The average molecular weight is 289 g/mol. The van der Waals surface area contributed by atoms with E-state index < -0.39 is 21.9 Å². The lowest BCUT2D eigenvalue weighted by Gasteiger charge is -2.10. The lowest BCUT2D eigenvalue weighted by atomic mass is 10.2. The Kier molecular flexibility index (Phi) is 5.07. The number of hydrogen-bond acceptors (Lipinski definition) is 5. The molecule has 0 saturated heterocycles. The zero-order valence-electron chi connectivity index (χ0n) is 11.5. The third-order valence-corrected chi connectivity index (χ3v) is 3.92. The second-order valence-corrected chi connectivity index (χ2v) is 5.96. The van der Waals surface area contributed by atoms with Gasteiger partial charge in [0.1, 0.15) is 5.82 Å². The van der Waals surface area contributed by atoms with Crippen molar-refractivity contribution in [1.82, 2.24) is 14.3 Å². The van der Waals surface area contributed by atoms with Crippen LogP contribution in [0.5, 0.6) is 0 Å². The fourth-order valence-corrected chi connectivity index (χ4v) is 2.50. The molecule has 0 bridgehead atoms. The number of imidazole rings is 1. The Morgan fingerprint density at radius 1 is 1.58 bits per heavy atom. The van der Waals surface area contributed by atoms with Crippen molar-refractivity contribution >= 4 is 16.0 Å². The molecule has 0 spiro atoms. The summed E-state index contributed by atoms with van der Waals surface area (Å²) in [6.07, 6.45) is 1.42. The van der Waals surface area contributed by atoms with Crippen LogP contribution in [0.4, 0.5) is 0 Å². The van der Waals surface area contributed by atoms with E-state index in [2.05, 4.69) is 9.71 Å². The molecule has 1 N–H and O–H groups in total. The first-order valence-corrected chi connectivity index (χ1v) is 7.42. The summed E-state index contributed by atoms with van der Waals surface area (Å²) >= 11 is 0. The zero-order valence-corrected chi connectivity index (χ0v) is 12.3. The molecule has 0 fully saturated rings. The highest BCUT2D eigenvalue weighted by molar-refractivity contribution is 7.89. The maximum atomic E-state index is 11.9. The van der Waals surface area contributed by atoms with Crippen LogP contribution in [0.2, 0.25) is 0 Å². The van der Waals surface area contributed by atoms with Crippen LogP contribution in [0.1, 0.15) is 19.7 Å². The van der Waals surface area contributed by atoms with Gasteiger partial charge in [0.05, 0.1) is 12.5 Å². The molecule has 19 heavy (non-hydrogen) atoms. The van der Waals surface area contributed by atoms with E-state index >= 15 is 0 Å². The maximum absolute atomic E-state index is 11.9. The summed E-state index contributed by atoms with van der Waals surface area (Å²) in [6, 6.07) is 0. The molecule has 1 aromatic rings. The van der Waals surface area contributed by atoms with Crippen molar-refractivity contribution in [2.45, 2.75) is 25.8 Å². The van der Waals surface area contributed by atoms with Gasteiger partial charge in [-0.3, -0.25) is 4.79 Å². The molecule has 0 aliphatic rings. The number of nitrogens with zero attached hydrogens (tertiary/aromatic N) is 2. The summed E-state index contributed by atoms with van der Waals surface area (Å²) in [5.74, 6) is -0.374.